The summed E-state index contributed by atoms with van der Waals surface area (Å²) in [5, 5.41) is 9.67. The van der Waals surface area contributed by atoms with Gasteiger partial charge in [0.15, 0.2) is 5.96 Å². The first-order valence-corrected chi connectivity index (χ1v) is 10.5. The van der Waals surface area contributed by atoms with E-state index < -0.39 is 0 Å². The van der Waals surface area contributed by atoms with Crippen LogP contribution < -0.4 is 16.0 Å². The molecule has 0 saturated carbocycles. The third kappa shape index (κ3) is 7.77. The van der Waals surface area contributed by atoms with Crippen LogP contribution in [0.5, 0.6) is 0 Å². The monoisotopic (exact) mass is 529 g/mol. The van der Waals surface area contributed by atoms with Crippen LogP contribution >= 0.6 is 24.0 Å². The average Bonchev–Trinajstić information content (AvgIpc) is 3.18. The van der Waals surface area contributed by atoms with Crippen LogP contribution in [0.3, 0.4) is 0 Å². The Morgan fingerprint density at radius 2 is 1.87 bits per heavy atom. The van der Waals surface area contributed by atoms with Gasteiger partial charge in [0.2, 0.25) is 5.91 Å². The summed E-state index contributed by atoms with van der Waals surface area (Å²) < 4.78 is 0. The number of guanidine groups is 1. The quantitative estimate of drug-likeness (QED) is 0.288. The van der Waals surface area contributed by atoms with Crippen molar-refractivity contribution in [3.63, 3.8) is 0 Å². The molecule has 1 fully saturated rings. The Bertz CT molecular complexity index is 721. The van der Waals surface area contributed by atoms with Gasteiger partial charge < -0.3 is 20.9 Å². The summed E-state index contributed by atoms with van der Waals surface area (Å²) in [6, 6.07) is 7.96. The Hall–Kier alpha value is -1.84. The minimum Gasteiger partial charge on any atom is -0.352 e. The van der Waals surface area contributed by atoms with Crippen molar-refractivity contribution in [2.24, 2.45) is 10.9 Å². The summed E-state index contributed by atoms with van der Waals surface area (Å²) in [7, 11) is 1.74. The minimum atomic E-state index is -0.0435. The summed E-state index contributed by atoms with van der Waals surface area (Å²) in [5.74, 6) is 0.904. The van der Waals surface area contributed by atoms with Gasteiger partial charge in [0.25, 0.3) is 5.91 Å². The maximum Gasteiger partial charge on any atom is 0.251 e. The molecule has 0 aromatic heterocycles. The number of rotatable bonds is 7. The summed E-state index contributed by atoms with van der Waals surface area (Å²) in [6.45, 7) is 10.0. The predicted molar refractivity (Wildman–Crippen MR) is 132 cm³/mol. The number of nitrogens with one attached hydrogen (secondary N) is 3. The molecule has 3 N–H and O–H groups in total. The summed E-state index contributed by atoms with van der Waals surface area (Å²) in [6.07, 6.45) is 1.82. The van der Waals surface area contributed by atoms with Crippen LogP contribution in [0.4, 0.5) is 0 Å². The van der Waals surface area contributed by atoms with E-state index in [1.54, 1.807) is 7.05 Å². The van der Waals surface area contributed by atoms with E-state index in [-0.39, 0.29) is 53.8 Å². The number of hydrogen-bond acceptors (Lipinski definition) is 3. The molecule has 1 aromatic carbocycles. The third-order valence-corrected chi connectivity index (χ3v) is 5.22. The van der Waals surface area contributed by atoms with Crippen molar-refractivity contribution in [3.8, 4) is 0 Å². The zero-order valence-corrected chi connectivity index (χ0v) is 21.0. The van der Waals surface area contributed by atoms with E-state index in [9.17, 15) is 9.59 Å². The molecule has 0 spiro atoms. The highest BCUT2D eigenvalue weighted by Crippen LogP contribution is 2.13. The van der Waals surface area contributed by atoms with E-state index in [1.807, 2.05) is 56.9 Å². The van der Waals surface area contributed by atoms with E-state index in [0.29, 0.717) is 24.6 Å². The van der Waals surface area contributed by atoms with Crippen LogP contribution in [-0.2, 0) is 11.3 Å². The summed E-state index contributed by atoms with van der Waals surface area (Å²) >= 11 is 0. The van der Waals surface area contributed by atoms with Gasteiger partial charge in [-0.15, -0.1) is 24.0 Å². The van der Waals surface area contributed by atoms with Gasteiger partial charge in [0.1, 0.15) is 0 Å². The molecular formula is C22H36IN5O2. The number of amides is 2. The lowest BCUT2D eigenvalue weighted by atomic mass is 10.1. The van der Waals surface area contributed by atoms with E-state index in [2.05, 4.69) is 20.9 Å². The van der Waals surface area contributed by atoms with Crippen molar-refractivity contribution in [1.82, 2.24) is 20.9 Å². The predicted octanol–water partition coefficient (Wildman–Crippen LogP) is 2.75. The van der Waals surface area contributed by atoms with Crippen molar-refractivity contribution in [1.29, 1.82) is 0 Å². The fourth-order valence-electron chi connectivity index (χ4n) is 3.20. The number of carbonyl (C=O) groups excluding carboxylic acids is 2. The number of benzene rings is 1. The van der Waals surface area contributed by atoms with Crippen molar-refractivity contribution < 1.29 is 9.59 Å². The molecule has 1 saturated heterocycles. The van der Waals surface area contributed by atoms with Crippen LogP contribution in [0, 0.1) is 5.92 Å². The highest BCUT2D eigenvalue weighted by molar-refractivity contribution is 14.0. The lowest BCUT2D eigenvalue weighted by Crippen LogP contribution is -2.45. The van der Waals surface area contributed by atoms with E-state index >= 15 is 0 Å². The second-order valence-corrected chi connectivity index (χ2v) is 7.97. The van der Waals surface area contributed by atoms with Gasteiger partial charge in [-0.2, -0.15) is 0 Å². The van der Waals surface area contributed by atoms with Crippen molar-refractivity contribution in [3.05, 3.63) is 35.4 Å². The fourth-order valence-corrected chi connectivity index (χ4v) is 3.20. The maximum absolute atomic E-state index is 12.2. The molecule has 168 valence electrons. The van der Waals surface area contributed by atoms with E-state index in [1.165, 1.54) is 0 Å². The van der Waals surface area contributed by atoms with Gasteiger partial charge in [-0.05, 0) is 37.5 Å². The zero-order chi connectivity index (χ0) is 21.4. The fraction of sp³-hybridized carbons (Fsp3) is 0.591. The number of hydrogen-bond donors (Lipinski definition) is 3. The number of nitrogens with zero attached hydrogens (tertiary/aromatic N) is 2. The molecule has 7 nitrogen and oxygen atoms in total. The lowest BCUT2D eigenvalue weighted by Gasteiger charge is -2.20. The molecule has 2 amide bonds. The molecule has 1 aromatic rings. The van der Waals surface area contributed by atoms with Crippen LogP contribution in [0.25, 0.3) is 0 Å². The molecule has 0 bridgehead atoms. The van der Waals surface area contributed by atoms with E-state index in [4.69, 9.17) is 0 Å². The zero-order valence-electron chi connectivity index (χ0n) is 18.7. The summed E-state index contributed by atoms with van der Waals surface area (Å²) in [4.78, 5) is 30.5. The van der Waals surface area contributed by atoms with Gasteiger partial charge in [0.05, 0.1) is 0 Å². The Morgan fingerprint density at radius 1 is 1.20 bits per heavy atom. The largest absolute Gasteiger partial charge is 0.352 e. The van der Waals surface area contributed by atoms with Crippen LogP contribution in [0.1, 0.15) is 56.5 Å². The highest BCUT2D eigenvalue weighted by Gasteiger charge is 2.27. The Morgan fingerprint density at radius 3 is 2.43 bits per heavy atom. The number of aliphatic imine (C=N–C) groups is 1. The molecule has 1 heterocycles. The molecule has 0 radical (unpaired) electrons. The molecule has 30 heavy (non-hydrogen) atoms. The van der Waals surface area contributed by atoms with Gasteiger partial charge in [-0.25, -0.2) is 0 Å². The molecule has 1 aliphatic heterocycles. The third-order valence-electron chi connectivity index (χ3n) is 5.22. The van der Waals surface area contributed by atoms with Crippen molar-refractivity contribution in [2.45, 2.75) is 59.2 Å². The average molecular weight is 529 g/mol. The van der Waals surface area contributed by atoms with Crippen LogP contribution in [0.15, 0.2) is 29.3 Å². The standard InChI is InChI=1S/C22H35N5O2.HI/c1-6-16(4)25-20(28)18-9-7-17(8-10-18)13-24-22(23-5)26-19-11-12-27(14-19)21(29)15(2)3;/h7-10,15-16,19H,6,11-14H2,1-5H3,(H,25,28)(H2,23,24,26);1H. The molecular weight excluding hydrogens is 493 g/mol. The summed E-state index contributed by atoms with van der Waals surface area (Å²) in [5.41, 5.74) is 1.73. The minimum absolute atomic E-state index is 0. The van der Waals surface area contributed by atoms with Crippen molar-refractivity contribution in [2.75, 3.05) is 20.1 Å². The molecule has 2 unspecified atom stereocenters. The number of carbonyl (C=O) groups is 2. The normalized spacial score (nSPS) is 17.3. The van der Waals surface area contributed by atoms with E-state index in [0.717, 1.165) is 24.9 Å². The molecule has 8 heteroatoms. The topological polar surface area (TPSA) is 85.8 Å². The van der Waals surface area contributed by atoms with Gasteiger partial charge in [-0.1, -0.05) is 32.9 Å². The Labute approximate surface area is 197 Å². The Balaban J connectivity index is 0.00000450. The first kappa shape index (κ1) is 26.2. The Kier molecular flexibility index (Phi) is 11.1. The first-order chi connectivity index (χ1) is 13.8. The number of halogens is 1. The second kappa shape index (κ2) is 12.8. The second-order valence-electron chi connectivity index (χ2n) is 7.97. The smallest absolute Gasteiger partial charge is 0.251 e. The van der Waals surface area contributed by atoms with Gasteiger partial charge >= 0.3 is 0 Å². The van der Waals surface area contributed by atoms with Gasteiger partial charge in [0, 0.05) is 50.2 Å². The van der Waals surface area contributed by atoms with Crippen LogP contribution in [-0.4, -0.2) is 54.9 Å². The highest BCUT2D eigenvalue weighted by atomic mass is 127. The maximum atomic E-state index is 12.2. The van der Waals surface area contributed by atoms with Gasteiger partial charge in [-0.3, -0.25) is 14.6 Å². The molecule has 0 aliphatic carbocycles. The van der Waals surface area contributed by atoms with Crippen LogP contribution in [0.2, 0.25) is 0 Å². The number of likely N-dealkylation sites (tertiary alicyclic amines) is 1. The van der Waals surface area contributed by atoms with Crippen molar-refractivity contribution >= 4 is 41.8 Å². The molecule has 1 aliphatic rings. The SMILES string of the molecule is CCC(C)NC(=O)c1ccc(CNC(=NC)NC2CCN(C(=O)C(C)C)C2)cc1.I. The molecule has 2 atom stereocenters. The lowest BCUT2D eigenvalue weighted by molar-refractivity contribution is -0.133. The first-order valence-electron chi connectivity index (χ1n) is 10.5. The molecule has 2 rings (SSSR count).